The summed E-state index contributed by atoms with van der Waals surface area (Å²) in [6.07, 6.45) is 3.55. The lowest BCUT2D eigenvalue weighted by molar-refractivity contribution is -0.122. The lowest BCUT2D eigenvalue weighted by Crippen LogP contribution is -2.48. The molecule has 0 spiro atoms. The minimum Gasteiger partial charge on any atom is -0.478 e. The normalized spacial score (nSPS) is 20.1. The summed E-state index contributed by atoms with van der Waals surface area (Å²) in [5.41, 5.74) is 3.97. The fourth-order valence-corrected chi connectivity index (χ4v) is 6.69. The molecule has 0 aliphatic carbocycles. The highest BCUT2D eigenvalue weighted by Gasteiger charge is 2.37. The van der Waals surface area contributed by atoms with Crippen molar-refractivity contribution in [2.45, 2.75) is 58.5 Å². The first-order valence-electron chi connectivity index (χ1n) is 13.9. The highest BCUT2D eigenvalue weighted by Crippen LogP contribution is 2.45. The van der Waals surface area contributed by atoms with Gasteiger partial charge in [0.2, 0.25) is 0 Å². The third-order valence-electron chi connectivity index (χ3n) is 7.65. The van der Waals surface area contributed by atoms with Gasteiger partial charge in [0.05, 0.1) is 22.7 Å². The number of halogens is 1. The van der Waals surface area contributed by atoms with E-state index in [1.54, 1.807) is 29.2 Å². The molecule has 0 saturated carbocycles. The number of amides is 1. The van der Waals surface area contributed by atoms with Crippen LogP contribution in [-0.2, 0) is 11.3 Å². The number of fused-ring (bicyclic) bond motifs is 1. The molecule has 0 radical (unpaired) electrons. The van der Waals surface area contributed by atoms with Gasteiger partial charge in [-0.3, -0.25) is 9.69 Å². The molecule has 3 aromatic rings. The second-order valence-corrected chi connectivity index (χ2v) is 12.2. The zero-order chi connectivity index (χ0) is 29.3. The Labute approximate surface area is 244 Å². The molecule has 8 heteroatoms. The summed E-state index contributed by atoms with van der Waals surface area (Å²) in [4.78, 5) is 34.0. The van der Waals surface area contributed by atoms with Gasteiger partial charge in [0, 0.05) is 23.3 Å². The largest absolute Gasteiger partial charge is 0.478 e. The van der Waals surface area contributed by atoms with E-state index in [4.69, 9.17) is 4.99 Å². The Kier molecular flexibility index (Phi) is 8.04. The second kappa shape index (κ2) is 11.5. The van der Waals surface area contributed by atoms with Crippen LogP contribution >= 0.6 is 11.8 Å². The maximum absolute atomic E-state index is 15.7. The highest BCUT2D eigenvalue weighted by atomic mass is 32.2. The number of aliphatic imine (C=N–C) groups is 1. The number of amidine groups is 1. The first-order valence-corrected chi connectivity index (χ1v) is 14.7. The molecule has 212 valence electrons. The first-order chi connectivity index (χ1) is 19.6. The summed E-state index contributed by atoms with van der Waals surface area (Å²) in [5, 5.41) is 9.72. The molecule has 1 atom stereocenters. The number of hydrogen-bond donors (Lipinski definition) is 1. The molecular formula is C33H34FN3O3S. The Balaban J connectivity index is 1.52. The van der Waals surface area contributed by atoms with Crippen LogP contribution in [0.2, 0.25) is 0 Å². The fraction of sp³-hybridized carbons (Fsp3) is 0.303. The molecule has 3 aromatic carbocycles. The molecule has 2 heterocycles. The number of anilines is 1. The Morgan fingerprint density at radius 3 is 2.51 bits per heavy atom. The lowest BCUT2D eigenvalue weighted by atomic mass is 9.79. The smallest absolute Gasteiger partial charge is 0.335 e. The van der Waals surface area contributed by atoms with Crippen LogP contribution in [0.1, 0.15) is 73.5 Å². The SMILES string of the molecule is CCCN1c2cc(F)c(/C=C3/SC(=Nc4ccccc4)N(Cc4ccc(C(=O)O)cc4)C3=O)cc2C(C)CC1(C)C. The summed E-state index contributed by atoms with van der Waals surface area (Å²) >= 11 is 1.22. The van der Waals surface area contributed by atoms with Gasteiger partial charge in [-0.1, -0.05) is 44.2 Å². The summed E-state index contributed by atoms with van der Waals surface area (Å²) in [5.74, 6) is -1.40. The average molecular weight is 572 g/mol. The lowest BCUT2D eigenvalue weighted by Gasteiger charge is -2.47. The van der Waals surface area contributed by atoms with Gasteiger partial charge in [0.15, 0.2) is 5.17 Å². The average Bonchev–Trinajstić information content (AvgIpc) is 3.21. The minimum atomic E-state index is -1.01. The van der Waals surface area contributed by atoms with Crippen molar-refractivity contribution in [2.24, 2.45) is 4.99 Å². The molecule has 5 rings (SSSR count). The number of carbonyl (C=O) groups is 2. The standard InChI is InChI=1S/C33H34FN3O3S/c1-5-15-37-28-18-27(34)24(16-26(28)21(2)19-33(37,3)4)17-29-30(38)36(20-22-11-13-23(14-12-22)31(39)40)32(41-29)35-25-9-7-6-8-10-25/h6-14,16-18,21H,5,15,19-20H2,1-4H3,(H,39,40)/b29-17+,35-32?. The quantitative estimate of drug-likeness (QED) is 0.293. The Morgan fingerprint density at radius 2 is 1.85 bits per heavy atom. The monoisotopic (exact) mass is 571 g/mol. The van der Waals surface area contributed by atoms with Crippen LogP contribution in [0, 0.1) is 5.82 Å². The minimum absolute atomic E-state index is 0.0713. The van der Waals surface area contributed by atoms with E-state index in [0.717, 1.165) is 36.2 Å². The number of carboxylic acid groups (broad SMARTS) is 1. The van der Waals surface area contributed by atoms with Crippen molar-refractivity contribution < 1.29 is 19.1 Å². The molecule has 2 aliphatic rings. The molecule has 1 amide bonds. The number of thioether (sulfide) groups is 1. The molecule has 41 heavy (non-hydrogen) atoms. The molecule has 0 aromatic heterocycles. The number of carbonyl (C=O) groups excluding carboxylic acids is 1. The van der Waals surface area contributed by atoms with Crippen molar-refractivity contribution in [2.75, 3.05) is 11.4 Å². The number of para-hydroxylation sites is 1. The van der Waals surface area contributed by atoms with Gasteiger partial charge >= 0.3 is 5.97 Å². The van der Waals surface area contributed by atoms with Gasteiger partial charge in [-0.25, -0.2) is 14.2 Å². The number of hydrogen-bond acceptors (Lipinski definition) is 5. The van der Waals surface area contributed by atoms with Crippen molar-refractivity contribution in [3.63, 3.8) is 0 Å². The maximum atomic E-state index is 15.7. The van der Waals surface area contributed by atoms with E-state index in [2.05, 4.69) is 32.6 Å². The highest BCUT2D eigenvalue weighted by molar-refractivity contribution is 8.18. The predicted molar refractivity (Wildman–Crippen MR) is 164 cm³/mol. The molecule has 0 bridgehead atoms. The van der Waals surface area contributed by atoms with E-state index in [1.807, 2.05) is 36.4 Å². The molecule has 1 saturated heterocycles. The zero-order valence-corrected chi connectivity index (χ0v) is 24.5. The van der Waals surface area contributed by atoms with Crippen LogP contribution < -0.4 is 4.90 Å². The molecule has 1 N–H and O–H groups in total. The van der Waals surface area contributed by atoms with Crippen LogP contribution in [0.15, 0.2) is 76.6 Å². The van der Waals surface area contributed by atoms with E-state index in [9.17, 15) is 14.7 Å². The maximum Gasteiger partial charge on any atom is 0.335 e. The third kappa shape index (κ3) is 5.93. The molecular weight excluding hydrogens is 537 g/mol. The van der Waals surface area contributed by atoms with Gasteiger partial charge < -0.3 is 10.0 Å². The van der Waals surface area contributed by atoms with E-state index in [0.29, 0.717) is 21.3 Å². The van der Waals surface area contributed by atoms with Gasteiger partial charge in [-0.2, -0.15) is 0 Å². The van der Waals surface area contributed by atoms with Crippen LogP contribution in [0.4, 0.5) is 15.8 Å². The third-order valence-corrected chi connectivity index (χ3v) is 8.66. The van der Waals surface area contributed by atoms with Gasteiger partial charge in [0.1, 0.15) is 5.82 Å². The topological polar surface area (TPSA) is 73.2 Å². The fourth-order valence-electron chi connectivity index (χ4n) is 5.70. The van der Waals surface area contributed by atoms with Gasteiger partial charge in [-0.15, -0.1) is 0 Å². The second-order valence-electron chi connectivity index (χ2n) is 11.2. The van der Waals surface area contributed by atoms with Crippen molar-refractivity contribution in [1.82, 2.24) is 4.90 Å². The molecule has 1 fully saturated rings. The number of benzene rings is 3. The van der Waals surface area contributed by atoms with Crippen LogP contribution in [-0.4, -0.2) is 39.1 Å². The van der Waals surface area contributed by atoms with E-state index in [1.165, 1.54) is 23.9 Å². The number of rotatable bonds is 7. The number of nitrogens with zero attached hydrogens (tertiary/aromatic N) is 3. The van der Waals surface area contributed by atoms with Gasteiger partial charge in [0.25, 0.3) is 5.91 Å². The van der Waals surface area contributed by atoms with Crippen molar-refractivity contribution in [1.29, 1.82) is 0 Å². The van der Waals surface area contributed by atoms with Crippen LogP contribution in [0.3, 0.4) is 0 Å². The van der Waals surface area contributed by atoms with Crippen molar-refractivity contribution in [3.8, 4) is 0 Å². The van der Waals surface area contributed by atoms with E-state index >= 15 is 4.39 Å². The number of carboxylic acids is 1. The summed E-state index contributed by atoms with van der Waals surface area (Å²) in [6, 6.07) is 19.3. The van der Waals surface area contributed by atoms with Crippen molar-refractivity contribution in [3.05, 3.63) is 99.7 Å². The summed E-state index contributed by atoms with van der Waals surface area (Å²) in [6.45, 7) is 9.78. The first kappa shape index (κ1) is 28.6. The zero-order valence-electron chi connectivity index (χ0n) is 23.7. The van der Waals surface area contributed by atoms with E-state index in [-0.39, 0.29) is 35.3 Å². The summed E-state index contributed by atoms with van der Waals surface area (Å²) in [7, 11) is 0. The van der Waals surface area contributed by atoms with Crippen LogP contribution in [0.5, 0.6) is 0 Å². The predicted octanol–water partition coefficient (Wildman–Crippen LogP) is 7.83. The Bertz CT molecular complexity index is 1530. The number of aromatic carboxylic acids is 1. The molecule has 1 unspecified atom stereocenters. The van der Waals surface area contributed by atoms with Gasteiger partial charge in [-0.05, 0) is 98.0 Å². The van der Waals surface area contributed by atoms with Crippen molar-refractivity contribution >= 4 is 46.3 Å². The molecule has 2 aliphatic heterocycles. The Hall–Kier alpha value is -3.91. The summed E-state index contributed by atoms with van der Waals surface area (Å²) < 4.78 is 15.7. The Morgan fingerprint density at radius 1 is 1.15 bits per heavy atom. The van der Waals surface area contributed by atoms with E-state index < -0.39 is 5.97 Å². The molecule has 6 nitrogen and oxygen atoms in total. The van der Waals surface area contributed by atoms with Crippen LogP contribution in [0.25, 0.3) is 6.08 Å².